The maximum Gasteiger partial charge on any atom is 0.170 e. The van der Waals surface area contributed by atoms with Crippen LogP contribution in [-0.2, 0) is 4.79 Å². The van der Waals surface area contributed by atoms with Gasteiger partial charge in [-0.15, -0.1) is 0 Å². The Morgan fingerprint density at radius 3 is 2.35 bits per heavy atom. The lowest BCUT2D eigenvalue weighted by molar-refractivity contribution is -0.272. The van der Waals surface area contributed by atoms with Gasteiger partial charge in [-0.3, -0.25) is 4.79 Å². The predicted molar refractivity (Wildman–Crippen MR) is 92.9 cm³/mol. The Balaban J connectivity index is 1.93. The maximum atomic E-state index is 13.2. The van der Waals surface area contributed by atoms with Crippen LogP contribution in [0, 0.1) is 34.0 Å². The van der Waals surface area contributed by atoms with Gasteiger partial charge in [-0.2, -0.15) is 0 Å². The van der Waals surface area contributed by atoms with E-state index in [0.717, 1.165) is 0 Å². The van der Waals surface area contributed by atoms with Crippen molar-refractivity contribution in [1.82, 2.24) is 0 Å². The zero-order valence-electron chi connectivity index (χ0n) is 15.3. The molecular weight excluding hydrogens is 336 g/mol. The first-order valence-corrected chi connectivity index (χ1v) is 9.71. The largest absolute Gasteiger partial charge is 0.396 e. The third-order valence-electron chi connectivity index (χ3n) is 8.74. The van der Waals surface area contributed by atoms with Gasteiger partial charge in [-0.05, 0) is 54.9 Å². The summed E-state index contributed by atoms with van der Waals surface area (Å²) in [7, 11) is 0. The van der Waals surface area contributed by atoms with Crippen LogP contribution < -0.4 is 0 Å². The van der Waals surface area contributed by atoms with E-state index in [4.69, 9.17) is 0 Å². The summed E-state index contributed by atoms with van der Waals surface area (Å²) in [5.41, 5.74) is -2.60. The molecule has 26 heavy (non-hydrogen) atoms. The fraction of sp³-hybridized carbons (Fsp3) is 0.850. The third kappa shape index (κ3) is 1.78. The van der Waals surface area contributed by atoms with Crippen LogP contribution in [0.1, 0.15) is 39.0 Å². The minimum atomic E-state index is -1.39. The summed E-state index contributed by atoms with van der Waals surface area (Å²) < 4.78 is 0. The number of aliphatic hydroxyl groups is 5. The third-order valence-corrected chi connectivity index (χ3v) is 8.74. The highest BCUT2D eigenvalue weighted by Gasteiger charge is 2.76. The SMILES string of the molecule is C=C1C(=O)[C@@]23[C@H](O)C[C@@H]4[C@@](C)(CO)CC[C@H](O)[C@@]4(CO)[C@@H]2CC[C@@H]1[C@@H]3O. The molecule has 5 N–H and O–H groups in total. The van der Waals surface area contributed by atoms with Crippen LogP contribution in [0.3, 0.4) is 0 Å². The van der Waals surface area contributed by atoms with E-state index in [2.05, 4.69) is 6.58 Å². The van der Waals surface area contributed by atoms with E-state index in [-0.39, 0.29) is 37.3 Å². The minimum Gasteiger partial charge on any atom is -0.396 e. The molecule has 0 aliphatic heterocycles. The standard InChI is InChI=1S/C20H30O6/c1-10-11-3-4-12-19(9-22)13(18(2,8-21)6-5-14(19)23)7-15(24)20(12,16(10)25)17(11)26/h11-15,17,21-24,26H,1,3-9H2,2H3/t11-,12-,13+,14-,15+,17-,18+,19-,20-/m0/s1. The minimum absolute atomic E-state index is 0.107. The number of hydrogen-bond donors (Lipinski definition) is 5. The molecule has 0 aromatic carbocycles. The van der Waals surface area contributed by atoms with Gasteiger partial charge in [0, 0.05) is 17.9 Å². The van der Waals surface area contributed by atoms with Gasteiger partial charge in [-0.1, -0.05) is 13.5 Å². The zero-order valence-corrected chi connectivity index (χ0v) is 15.3. The van der Waals surface area contributed by atoms with Gasteiger partial charge in [0.1, 0.15) is 0 Å². The van der Waals surface area contributed by atoms with E-state index >= 15 is 0 Å². The van der Waals surface area contributed by atoms with Gasteiger partial charge >= 0.3 is 0 Å². The average Bonchev–Trinajstić information content (AvgIpc) is 2.74. The Bertz CT molecular complexity index is 648. The van der Waals surface area contributed by atoms with Crippen LogP contribution in [0.25, 0.3) is 0 Å². The maximum absolute atomic E-state index is 13.2. The molecule has 0 aromatic heterocycles. The number of carbonyl (C=O) groups is 1. The van der Waals surface area contributed by atoms with Crippen molar-refractivity contribution in [1.29, 1.82) is 0 Å². The molecule has 0 unspecified atom stereocenters. The van der Waals surface area contributed by atoms with Crippen LogP contribution in [0.4, 0.5) is 0 Å². The lowest BCUT2D eigenvalue weighted by Gasteiger charge is -2.67. The molecule has 4 fully saturated rings. The zero-order chi connectivity index (χ0) is 19.1. The summed E-state index contributed by atoms with van der Waals surface area (Å²) in [4.78, 5) is 13.2. The Morgan fingerprint density at radius 2 is 1.73 bits per heavy atom. The Labute approximate surface area is 153 Å². The molecule has 4 aliphatic carbocycles. The van der Waals surface area contributed by atoms with Crippen molar-refractivity contribution in [2.75, 3.05) is 13.2 Å². The molecule has 6 heteroatoms. The molecule has 0 saturated heterocycles. The summed E-state index contributed by atoms with van der Waals surface area (Å²) >= 11 is 0. The lowest BCUT2D eigenvalue weighted by atomic mass is 9.38. The highest BCUT2D eigenvalue weighted by Crippen LogP contribution is 2.70. The Morgan fingerprint density at radius 1 is 1.04 bits per heavy atom. The van der Waals surface area contributed by atoms with Crippen molar-refractivity contribution in [3.8, 4) is 0 Å². The van der Waals surface area contributed by atoms with Crippen LogP contribution in [-0.4, -0.2) is 62.8 Å². The smallest absolute Gasteiger partial charge is 0.170 e. The molecule has 1 spiro atoms. The molecule has 0 heterocycles. The van der Waals surface area contributed by atoms with E-state index in [1.165, 1.54) is 0 Å². The number of fused-ring (bicyclic) bond motifs is 3. The summed E-state index contributed by atoms with van der Waals surface area (Å²) in [6.45, 7) is 5.37. The average molecular weight is 366 g/mol. The second kappa shape index (κ2) is 5.61. The molecule has 146 valence electrons. The highest BCUT2D eigenvalue weighted by molar-refractivity contribution is 6.04. The van der Waals surface area contributed by atoms with Crippen LogP contribution in [0.5, 0.6) is 0 Å². The van der Waals surface area contributed by atoms with Crippen LogP contribution >= 0.6 is 0 Å². The molecule has 4 saturated carbocycles. The van der Waals surface area contributed by atoms with Gasteiger partial charge in [0.05, 0.1) is 30.3 Å². The van der Waals surface area contributed by atoms with Crippen molar-refractivity contribution < 1.29 is 30.3 Å². The fourth-order valence-corrected chi connectivity index (χ4v) is 7.38. The first-order chi connectivity index (χ1) is 12.2. The van der Waals surface area contributed by atoms with Crippen molar-refractivity contribution in [2.24, 2.45) is 34.0 Å². The molecule has 0 aromatic rings. The summed E-state index contributed by atoms with van der Waals surface area (Å²) in [5.74, 6) is -1.52. The Hall–Kier alpha value is -0.790. The molecule has 9 atom stereocenters. The lowest BCUT2D eigenvalue weighted by Crippen LogP contribution is -2.72. The number of rotatable bonds is 2. The topological polar surface area (TPSA) is 118 Å². The van der Waals surface area contributed by atoms with Gasteiger partial charge in [0.25, 0.3) is 0 Å². The van der Waals surface area contributed by atoms with Crippen molar-refractivity contribution in [3.05, 3.63) is 12.2 Å². The number of aliphatic hydroxyl groups excluding tert-OH is 5. The number of ketones is 1. The Kier molecular flexibility index (Phi) is 4.01. The van der Waals surface area contributed by atoms with Crippen LogP contribution in [0.2, 0.25) is 0 Å². The van der Waals surface area contributed by atoms with E-state index in [0.29, 0.717) is 31.3 Å². The van der Waals surface area contributed by atoms with Gasteiger partial charge in [0.2, 0.25) is 0 Å². The summed E-state index contributed by atoms with van der Waals surface area (Å²) in [5, 5.41) is 53.8. The molecule has 4 aliphatic rings. The molecule has 0 amide bonds. The second-order valence-electron chi connectivity index (χ2n) is 9.41. The molecular formula is C20H30O6. The summed E-state index contributed by atoms with van der Waals surface area (Å²) in [6, 6.07) is 0. The first kappa shape index (κ1) is 18.6. The summed E-state index contributed by atoms with van der Waals surface area (Å²) in [6.07, 6.45) is -0.652. The van der Waals surface area contributed by atoms with Gasteiger partial charge in [0.15, 0.2) is 5.78 Å². The molecule has 2 bridgehead atoms. The molecule has 4 rings (SSSR count). The number of carbonyl (C=O) groups excluding carboxylic acids is 1. The fourth-order valence-electron chi connectivity index (χ4n) is 7.38. The molecule has 0 radical (unpaired) electrons. The normalized spacial score (nSPS) is 56.2. The van der Waals surface area contributed by atoms with Crippen molar-refractivity contribution >= 4 is 5.78 Å². The number of Topliss-reactive ketones (excluding diaryl/α,β-unsaturated/α-hetero) is 1. The van der Waals surface area contributed by atoms with Crippen molar-refractivity contribution in [2.45, 2.75) is 57.3 Å². The van der Waals surface area contributed by atoms with E-state index in [1.807, 2.05) is 6.92 Å². The second-order valence-corrected chi connectivity index (χ2v) is 9.41. The number of hydrogen-bond acceptors (Lipinski definition) is 6. The van der Waals surface area contributed by atoms with E-state index < -0.39 is 40.5 Å². The predicted octanol–water partition coefficient (Wildman–Crippen LogP) is 0.0116. The highest BCUT2D eigenvalue weighted by atomic mass is 16.3. The van der Waals surface area contributed by atoms with Gasteiger partial charge in [-0.25, -0.2) is 0 Å². The monoisotopic (exact) mass is 366 g/mol. The quantitative estimate of drug-likeness (QED) is 0.440. The van der Waals surface area contributed by atoms with Crippen molar-refractivity contribution in [3.63, 3.8) is 0 Å². The van der Waals surface area contributed by atoms with Crippen LogP contribution in [0.15, 0.2) is 12.2 Å². The first-order valence-electron chi connectivity index (χ1n) is 9.71. The van der Waals surface area contributed by atoms with E-state index in [9.17, 15) is 30.3 Å². The van der Waals surface area contributed by atoms with E-state index in [1.54, 1.807) is 0 Å². The van der Waals surface area contributed by atoms with Gasteiger partial charge < -0.3 is 25.5 Å². The molecule has 6 nitrogen and oxygen atoms in total.